The molecular weight excluding hydrogens is 228 g/mol. The first-order chi connectivity index (χ1) is 8.01. The number of carbonyl (C=O) groups is 1. The van der Waals surface area contributed by atoms with Crippen LogP contribution in [-0.4, -0.2) is 48.7 Å². The molecule has 0 saturated carbocycles. The minimum absolute atomic E-state index is 0.325. The van der Waals surface area contributed by atoms with Gasteiger partial charge in [0, 0.05) is 18.9 Å². The molecule has 2 N–H and O–H groups in total. The number of nitrogens with one attached hydrogen (secondary N) is 1. The first-order valence-electron chi connectivity index (χ1n) is 5.19. The van der Waals surface area contributed by atoms with E-state index in [2.05, 4.69) is 15.3 Å². The normalized spacial score (nSPS) is 37.1. The number of carbonyl (C=O) groups excluding carboxylic acids is 1. The van der Waals surface area contributed by atoms with Crippen molar-refractivity contribution >= 4 is 5.91 Å². The fraction of sp³-hybridized carbons (Fsp3) is 0.889. The molecule has 0 aromatic heterocycles. The second kappa shape index (κ2) is 5.83. The van der Waals surface area contributed by atoms with Gasteiger partial charge in [-0.3, -0.25) is 4.79 Å². The molecule has 96 valence electrons. The van der Waals surface area contributed by atoms with Gasteiger partial charge < -0.3 is 19.9 Å². The lowest BCUT2D eigenvalue weighted by Crippen LogP contribution is -2.62. The number of ether oxygens (including phenoxy) is 2. The maximum Gasteiger partial charge on any atom is 0.217 e. The summed E-state index contributed by atoms with van der Waals surface area (Å²) in [6.07, 6.45) is -2.31. The van der Waals surface area contributed by atoms with E-state index >= 15 is 0 Å². The Bertz CT molecular complexity index is 331. The van der Waals surface area contributed by atoms with E-state index in [1.54, 1.807) is 6.92 Å². The van der Waals surface area contributed by atoms with Gasteiger partial charge in [0.25, 0.3) is 0 Å². The third kappa shape index (κ3) is 3.07. The van der Waals surface area contributed by atoms with Crippen LogP contribution in [0.3, 0.4) is 0 Å². The lowest BCUT2D eigenvalue weighted by molar-refractivity contribution is -0.222. The Morgan fingerprint density at radius 1 is 1.65 bits per heavy atom. The fourth-order valence-electron chi connectivity index (χ4n) is 1.84. The lowest BCUT2D eigenvalue weighted by Gasteiger charge is -2.41. The van der Waals surface area contributed by atoms with Crippen molar-refractivity contribution in [1.82, 2.24) is 5.32 Å². The van der Waals surface area contributed by atoms with E-state index in [0.717, 1.165) is 0 Å². The summed E-state index contributed by atoms with van der Waals surface area (Å²) >= 11 is 0. The molecule has 17 heavy (non-hydrogen) atoms. The van der Waals surface area contributed by atoms with Crippen molar-refractivity contribution in [3.8, 4) is 0 Å². The molecular formula is C9H16N4O4. The van der Waals surface area contributed by atoms with Crippen LogP contribution >= 0.6 is 0 Å². The molecule has 1 fully saturated rings. The molecule has 1 saturated heterocycles. The van der Waals surface area contributed by atoms with E-state index in [1.165, 1.54) is 14.0 Å². The molecule has 1 amide bonds. The second-order valence-electron chi connectivity index (χ2n) is 3.86. The molecule has 0 spiro atoms. The molecule has 8 nitrogen and oxygen atoms in total. The summed E-state index contributed by atoms with van der Waals surface area (Å²) < 4.78 is 10.5. The van der Waals surface area contributed by atoms with Gasteiger partial charge in [-0.1, -0.05) is 5.11 Å². The zero-order chi connectivity index (χ0) is 13.0. The standard InChI is InChI=1S/C9H16N4O4/c1-4-6(12-13-10)8(15)7(11-5(2)14)9(16-3)17-4/h4,6-9,15H,1-3H3,(H,11,14)/t4-,6+,7-,8+,9+/m1/s1. The van der Waals surface area contributed by atoms with Gasteiger partial charge in [-0.05, 0) is 12.5 Å². The Balaban J connectivity index is 2.89. The molecule has 1 aliphatic heterocycles. The first-order valence-corrected chi connectivity index (χ1v) is 5.19. The van der Waals surface area contributed by atoms with Crippen LogP contribution in [0.4, 0.5) is 0 Å². The van der Waals surface area contributed by atoms with Crippen LogP contribution in [0.15, 0.2) is 5.11 Å². The number of hydrogen-bond acceptors (Lipinski definition) is 5. The van der Waals surface area contributed by atoms with Gasteiger partial charge in [-0.2, -0.15) is 0 Å². The number of amides is 1. The number of aliphatic hydroxyl groups excluding tert-OH is 1. The largest absolute Gasteiger partial charge is 0.390 e. The van der Waals surface area contributed by atoms with Gasteiger partial charge in [0.05, 0.1) is 18.2 Å². The first kappa shape index (κ1) is 13.7. The Labute approximate surface area is 98.5 Å². The Hall–Kier alpha value is -1.34. The molecule has 5 atom stereocenters. The summed E-state index contributed by atoms with van der Waals surface area (Å²) in [4.78, 5) is 13.7. The van der Waals surface area contributed by atoms with E-state index in [9.17, 15) is 9.90 Å². The van der Waals surface area contributed by atoms with Crippen molar-refractivity contribution in [2.24, 2.45) is 5.11 Å². The second-order valence-corrected chi connectivity index (χ2v) is 3.86. The third-order valence-electron chi connectivity index (χ3n) is 2.63. The number of hydrogen-bond donors (Lipinski definition) is 2. The van der Waals surface area contributed by atoms with Crippen LogP contribution in [0.2, 0.25) is 0 Å². The van der Waals surface area contributed by atoms with Gasteiger partial charge in [0.2, 0.25) is 5.91 Å². The number of aliphatic hydroxyl groups is 1. The average Bonchev–Trinajstić information content (AvgIpc) is 2.27. The molecule has 1 heterocycles. The minimum Gasteiger partial charge on any atom is -0.390 e. The molecule has 0 aromatic carbocycles. The molecule has 8 heteroatoms. The predicted octanol–water partition coefficient (Wildman–Crippen LogP) is -0.0779. The highest BCUT2D eigenvalue weighted by Crippen LogP contribution is 2.23. The summed E-state index contributed by atoms with van der Waals surface area (Å²) in [6.45, 7) is 2.98. The van der Waals surface area contributed by atoms with Crippen LogP contribution < -0.4 is 5.32 Å². The van der Waals surface area contributed by atoms with Crippen LogP contribution in [0, 0.1) is 0 Å². The van der Waals surface area contributed by atoms with Gasteiger partial charge in [0.15, 0.2) is 6.29 Å². The van der Waals surface area contributed by atoms with Crippen molar-refractivity contribution < 1.29 is 19.4 Å². The Kier molecular flexibility index (Phi) is 4.71. The summed E-state index contributed by atoms with van der Waals surface area (Å²) in [5, 5.41) is 16.0. The highest BCUT2D eigenvalue weighted by Gasteiger charge is 2.43. The summed E-state index contributed by atoms with van der Waals surface area (Å²) in [5.41, 5.74) is 8.42. The smallest absolute Gasteiger partial charge is 0.217 e. The zero-order valence-corrected chi connectivity index (χ0v) is 9.90. The van der Waals surface area contributed by atoms with Crippen LogP contribution in [0.5, 0.6) is 0 Å². The minimum atomic E-state index is -1.05. The molecule has 0 radical (unpaired) electrons. The predicted molar refractivity (Wildman–Crippen MR) is 57.9 cm³/mol. The van der Waals surface area contributed by atoms with E-state index < -0.39 is 30.6 Å². The topological polar surface area (TPSA) is 117 Å². The monoisotopic (exact) mass is 244 g/mol. The van der Waals surface area contributed by atoms with Crippen LogP contribution in [0.1, 0.15) is 13.8 Å². The Morgan fingerprint density at radius 2 is 2.29 bits per heavy atom. The maximum absolute atomic E-state index is 11.0. The highest BCUT2D eigenvalue weighted by atomic mass is 16.7. The molecule has 0 unspecified atom stereocenters. The number of methoxy groups -OCH3 is 1. The maximum atomic E-state index is 11.0. The Morgan fingerprint density at radius 3 is 2.76 bits per heavy atom. The zero-order valence-electron chi connectivity index (χ0n) is 9.90. The summed E-state index contributed by atoms with van der Waals surface area (Å²) in [6, 6.07) is -1.52. The molecule has 1 aliphatic rings. The molecule has 0 bridgehead atoms. The highest BCUT2D eigenvalue weighted by molar-refractivity contribution is 5.73. The van der Waals surface area contributed by atoms with Crippen molar-refractivity contribution in [2.75, 3.05) is 7.11 Å². The summed E-state index contributed by atoms with van der Waals surface area (Å²) in [5.74, 6) is -0.325. The van der Waals surface area contributed by atoms with E-state index in [0.29, 0.717) is 0 Å². The van der Waals surface area contributed by atoms with Gasteiger partial charge in [0.1, 0.15) is 6.04 Å². The van der Waals surface area contributed by atoms with Gasteiger partial charge in [-0.25, -0.2) is 0 Å². The van der Waals surface area contributed by atoms with Gasteiger partial charge >= 0.3 is 0 Å². The van der Waals surface area contributed by atoms with Crippen LogP contribution in [-0.2, 0) is 14.3 Å². The van der Waals surface area contributed by atoms with Crippen molar-refractivity contribution in [3.63, 3.8) is 0 Å². The SMILES string of the molecule is CO[C@H]1O[C@H](C)[C@H](N=[N+]=[N-])[C@H](O)[C@H]1NC(C)=O. The lowest BCUT2D eigenvalue weighted by atomic mass is 9.95. The number of rotatable bonds is 3. The van der Waals surface area contributed by atoms with Crippen molar-refractivity contribution in [1.29, 1.82) is 0 Å². The van der Waals surface area contributed by atoms with Gasteiger partial charge in [-0.15, -0.1) is 0 Å². The third-order valence-corrected chi connectivity index (χ3v) is 2.63. The van der Waals surface area contributed by atoms with Crippen LogP contribution in [0.25, 0.3) is 10.4 Å². The quantitative estimate of drug-likeness (QED) is 0.410. The number of nitrogens with zero attached hydrogens (tertiary/aromatic N) is 3. The van der Waals surface area contributed by atoms with E-state index in [-0.39, 0.29) is 5.91 Å². The summed E-state index contributed by atoms with van der Waals surface area (Å²) in [7, 11) is 1.41. The molecule has 1 rings (SSSR count). The average molecular weight is 244 g/mol. The fourth-order valence-corrected chi connectivity index (χ4v) is 1.84. The van der Waals surface area contributed by atoms with Crippen molar-refractivity contribution in [3.05, 3.63) is 10.4 Å². The molecule has 0 aromatic rings. The van der Waals surface area contributed by atoms with E-state index in [4.69, 9.17) is 15.0 Å². The van der Waals surface area contributed by atoms with E-state index in [1.807, 2.05) is 0 Å². The number of azide groups is 1. The molecule has 0 aliphatic carbocycles. The van der Waals surface area contributed by atoms with Crippen molar-refractivity contribution in [2.45, 2.75) is 44.4 Å².